The summed E-state index contributed by atoms with van der Waals surface area (Å²) in [6, 6.07) is 5.82. The minimum Gasteiger partial charge on any atom is -0.497 e. The van der Waals surface area contributed by atoms with Crippen LogP contribution in [0.4, 0.5) is 0 Å². The molecule has 27 heavy (non-hydrogen) atoms. The lowest BCUT2D eigenvalue weighted by atomic mass is 10.1. The van der Waals surface area contributed by atoms with Crippen molar-refractivity contribution in [3.05, 3.63) is 23.8 Å². The van der Waals surface area contributed by atoms with Crippen molar-refractivity contribution in [2.75, 3.05) is 46.9 Å². The number of likely N-dealkylation sites (tertiary alicyclic amines) is 1. The van der Waals surface area contributed by atoms with Gasteiger partial charge in [0.05, 0.1) is 14.2 Å². The zero-order valence-corrected chi connectivity index (χ0v) is 16.7. The topological polar surface area (TPSA) is 75.2 Å². The van der Waals surface area contributed by atoms with E-state index in [1.807, 2.05) is 30.0 Å². The van der Waals surface area contributed by atoms with Gasteiger partial charge in [0.25, 0.3) is 0 Å². The fourth-order valence-corrected chi connectivity index (χ4v) is 3.13. The molecule has 0 aliphatic carbocycles. The number of benzene rings is 1. The molecule has 7 heteroatoms. The Morgan fingerprint density at radius 3 is 2.78 bits per heavy atom. The minimum atomic E-state index is 0.274. The van der Waals surface area contributed by atoms with E-state index in [9.17, 15) is 4.79 Å². The van der Waals surface area contributed by atoms with Crippen molar-refractivity contribution >= 4 is 11.9 Å². The molecule has 0 aromatic heterocycles. The number of nitrogens with one attached hydrogen (secondary N) is 2. The largest absolute Gasteiger partial charge is 0.497 e. The average Bonchev–Trinajstić information content (AvgIpc) is 3.09. The maximum atomic E-state index is 11.6. The second-order valence-electron chi connectivity index (χ2n) is 6.45. The number of ether oxygens (including phenoxy) is 2. The maximum absolute atomic E-state index is 11.6. The molecule has 2 rings (SSSR count). The molecular formula is C20H32N4O3. The highest BCUT2D eigenvalue weighted by Crippen LogP contribution is 2.24. The predicted octanol–water partition coefficient (Wildman–Crippen LogP) is 1.81. The SMILES string of the molecule is CCNC(=NCCCN1CCCC1=O)NCCc1cc(OC)ccc1OC. The van der Waals surface area contributed by atoms with Gasteiger partial charge >= 0.3 is 0 Å². The smallest absolute Gasteiger partial charge is 0.222 e. The van der Waals surface area contributed by atoms with Crippen LogP contribution in [0.15, 0.2) is 23.2 Å². The van der Waals surface area contributed by atoms with Gasteiger partial charge in [-0.05, 0) is 49.9 Å². The van der Waals surface area contributed by atoms with Gasteiger partial charge in [-0.1, -0.05) is 0 Å². The first kappa shape index (κ1) is 20.9. The minimum absolute atomic E-state index is 0.274. The first-order chi connectivity index (χ1) is 13.2. The molecule has 1 saturated heterocycles. The summed E-state index contributed by atoms with van der Waals surface area (Å²) in [6.07, 6.45) is 3.36. The van der Waals surface area contributed by atoms with Crippen LogP contribution in [-0.2, 0) is 11.2 Å². The van der Waals surface area contributed by atoms with Crippen molar-refractivity contribution in [2.24, 2.45) is 4.99 Å². The fourth-order valence-electron chi connectivity index (χ4n) is 3.13. The molecule has 1 aromatic carbocycles. The molecule has 0 radical (unpaired) electrons. The summed E-state index contributed by atoms with van der Waals surface area (Å²) >= 11 is 0. The highest BCUT2D eigenvalue weighted by molar-refractivity contribution is 5.79. The van der Waals surface area contributed by atoms with Crippen LogP contribution in [0.3, 0.4) is 0 Å². The predicted molar refractivity (Wildman–Crippen MR) is 108 cm³/mol. The zero-order valence-electron chi connectivity index (χ0n) is 16.7. The molecule has 1 fully saturated rings. The molecule has 1 heterocycles. The van der Waals surface area contributed by atoms with E-state index in [4.69, 9.17) is 9.47 Å². The van der Waals surface area contributed by atoms with Crippen molar-refractivity contribution in [3.8, 4) is 11.5 Å². The van der Waals surface area contributed by atoms with Crippen molar-refractivity contribution in [2.45, 2.75) is 32.6 Å². The number of amides is 1. The number of carbonyl (C=O) groups excluding carboxylic acids is 1. The van der Waals surface area contributed by atoms with Crippen LogP contribution in [-0.4, -0.2) is 63.7 Å². The van der Waals surface area contributed by atoms with Crippen molar-refractivity contribution in [1.82, 2.24) is 15.5 Å². The number of methoxy groups -OCH3 is 2. The number of aliphatic imine (C=N–C) groups is 1. The molecule has 1 aliphatic heterocycles. The molecule has 0 bridgehead atoms. The molecule has 150 valence electrons. The van der Waals surface area contributed by atoms with Crippen LogP contribution in [0.25, 0.3) is 0 Å². The second-order valence-corrected chi connectivity index (χ2v) is 6.45. The first-order valence-corrected chi connectivity index (χ1v) is 9.68. The Morgan fingerprint density at radius 2 is 2.11 bits per heavy atom. The van der Waals surface area contributed by atoms with E-state index < -0.39 is 0 Å². The van der Waals surface area contributed by atoms with Gasteiger partial charge in [-0.2, -0.15) is 0 Å². The maximum Gasteiger partial charge on any atom is 0.222 e. The number of hydrogen-bond donors (Lipinski definition) is 2. The monoisotopic (exact) mass is 376 g/mol. The standard InChI is InChI=1S/C20H32N4O3/c1-4-21-20(22-11-6-14-24-13-5-7-19(24)25)23-12-10-16-15-17(26-2)8-9-18(16)27-3/h8-9,15H,4-7,10-14H2,1-3H3,(H2,21,22,23). The summed E-state index contributed by atoms with van der Waals surface area (Å²) in [6.45, 7) is 5.97. The molecule has 0 unspecified atom stereocenters. The van der Waals surface area contributed by atoms with Gasteiger partial charge in [0.2, 0.25) is 5.91 Å². The Hall–Kier alpha value is -2.44. The zero-order chi connectivity index (χ0) is 19.5. The van der Waals surface area contributed by atoms with Gasteiger partial charge in [0.1, 0.15) is 11.5 Å². The lowest BCUT2D eigenvalue weighted by molar-refractivity contribution is -0.127. The van der Waals surface area contributed by atoms with E-state index in [0.717, 1.165) is 68.5 Å². The van der Waals surface area contributed by atoms with E-state index >= 15 is 0 Å². The van der Waals surface area contributed by atoms with Crippen LogP contribution in [0, 0.1) is 0 Å². The molecule has 2 N–H and O–H groups in total. The number of hydrogen-bond acceptors (Lipinski definition) is 4. The lowest BCUT2D eigenvalue weighted by Gasteiger charge is -2.15. The van der Waals surface area contributed by atoms with Gasteiger partial charge in [-0.25, -0.2) is 0 Å². The van der Waals surface area contributed by atoms with Gasteiger partial charge < -0.3 is 25.0 Å². The molecule has 7 nitrogen and oxygen atoms in total. The lowest BCUT2D eigenvalue weighted by Crippen LogP contribution is -2.38. The molecule has 0 saturated carbocycles. The van der Waals surface area contributed by atoms with E-state index in [2.05, 4.69) is 15.6 Å². The van der Waals surface area contributed by atoms with Gasteiger partial charge in [-0.3, -0.25) is 9.79 Å². The van der Waals surface area contributed by atoms with Gasteiger partial charge in [-0.15, -0.1) is 0 Å². The second kappa shape index (κ2) is 11.3. The van der Waals surface area contributed by atoms with Crippen molar-refractivity contribution in [1.29, 1.82) is 0 Å². The molecular weight excluding hydrogens is 344 g/mol. The van der Waals surface area contributed by atoms with Crippen LogP contribution >= 0.6 is 0 Å². The molecule has 0 spiro atoms. The summed E-state index contributed by atoms with van der Waals surface area (Å²) in [5.74, 6) is 2.75. The Morgan fingerprint density at radius 1 is 1.26 bits per heavy atom. The van der Waals surface area contributed by atoms with E-state index in [1.54, 1.807) is 14.2 Å². The molecule has 1 amide bonds. The highest BCUT2D eigenvalue weighted by atomic mass is 16.5. The molecule has 1 aliphatic rings. The average molecular weight is 377 g/mol. The van der Waals surface area contributed by atoms with Crippen molar-refractivity contribution in [3.63, 3.8) is 0 Å². The van der Waals surface area contributed by atoms with Crippen LogP contribution < -0.4 is 20.1 Å². The van der Waals surface area contributed by atoms with E-state index in [-0.39, 0.29) is 5.91 Å². The Balaban J connectivity index is 1.80. The summed E-state index contributed by atoms with van der Waals surface area (Å²) in [7, 11) is 3.34. The summed E-state index contributed by atoms with van der Waals surface area (Å²) in [5, 5.41) is 6.62. The third-order valence-electron chi connectivity index (χ3n) is 4.55. The summed E-state index contributed by atoms with van der Waals surface area (Å²) in [5.41, 5.74) is 1.09. The quantitative estimate of drug-likeness (QED) is 0.370. The number of nitrogens with zero attached hydrogens (tertiary/aromatic N) is 2. The summed E-state index contributed by atoms with van der Waals surface area (Å²) < 4.78 is 10.7. The van der Waals surface area contributed by atoms with Crippen molar-refractivity contribution < 1.29 is 14.3 Å². The summed E-state index contributed by atoms with van der Waals surface area (Å²) in [4.78, 5) is 18.2. The number of carbonyl (C=O) groups is 1. The Labute approximate surface area is 162 Å². The molecule has 0 atom stereocenters. The fraction of sp³-hybridized carbons (Fsp3) is 0.600. The van der Waals surface area contributed by atoms with E-state index in [1.165, 1.54) is 0 Å². The van der Waals surface area contributed by atoms with Gasteiger partial charge in [0.15, 0.2) is 5.96 Å². The normalized spacial score (nSPS) is 14.4. The first-order valence-electron chi connectivity index (χ1n) is 9.68. The Kier molecular flexibility index (Phi) is 8.74. The van der Waals surface area contributed by atoms with E-state index in [0.29, 0.717) is 13.0 Å². The number of guanidine groups is 1. The third kappa shape index (κ3) is 6.66. The van der Waals surface area contributed by atoms with Crippen LogP contribution in [0.5, 0.6) is 11.5 Å². The molecule has 1 aromatic rings. The highest BCUT2D eigenvalue weighted by Gasteiger charge is 2.18. The number of rotatable bonds is 10. The van der Waals surface area contributed by atoms with Crippen LogP contribution in [0.1, 0.15) is 31.7 Å². The third-order valence-corrected chi connectivity index (χ3v) is 4.55. The van der Waals surface area contributed by atoms with Gasteiger partial charge in [0, 0.05) is 39.1 Å². The van der Waals surface area contributed by atoms with Crippen LogP contribution in [0.2, 0.25) is 0 Å². The Bertz CT molecular complexity index is 634.